The molecule has 0 atom stereocenters. The molecule has 0 aliphatic rings. The molecule has 0 heterocycles. The van der Waals surface area contributed by atoms with Crippen LogP contribution in [0.4, 0.5) is 5.69 Å². The molecule has 0 spiro atoms. The minimum absolute atomic E-state index is 0.445. The van der Waals surface area contributed by atoms with Crippen molar-refractivity contribution < 1.29 is 9.90 Å². The molecular weight excluding hydrogens is 202 g/mol. The van der Waals surface area contributed by atoms with E-state index < -0.39 is 5.97 Å². The third-order valence-electron chi connectivity index (χ3n) is 2.62. The molecule has 86 valence electrons. The fourth-order valence-corrected chi connectivity index (χ4v) is 1.83. The van der Waals surface area contributed by atoms with Crippen molar-refractivity contribution >= 4 is 17.2 Å². The van der Waals surface area contributed by atoms with Crippen molar-refractivity contribution in [2.75, 3.05) is 5.73 Å². The Hall–Kier alpha value is -1.77. The molecule has 0 bridgehead atoms. The summed E-state index contributed by atoms with van der Waals surface area (Å²) < 4.78 is 0. The van der Waals surface area contributed by atoms with E-state index in [4.69, 9.17) is 10.8 Å². The molecule has 0 aliphatic heterocycles. The molecule has 0 amide bonds. The molecule has 0 aliphatic carbocycles. The van der Waals surface area contributed by atoms with Gasteiger partial charge in [0.05, 0.1) is 0 Å². The monoisotopic (exact) mass is 219 g/mol. The SMILES string of the molecule is CCC(C(=O)O)=C(CC)c1ccccc1N. The molecule has 16 heavy (non-hydrogen) atoms. The van der Waals surface area contributed by atoms with Crippen molar-refractivity contribution in [3.63, 3.8) is 0 Å². The van der Waals surface area contributed by atoms with Crippen LogP contribution in [0.2, 0.25) is 0 Å². The first kappa shape index (κ1) is 12.3. The predicted octanol–water partition coefficient (Wildman–Crippen LogP) is 2.93. The van der Waals surface area contributed by atoms with Crippen molar-refractivity contribution in [3.05, 3.63) is 35.4 Å². The van der Waals surface area contributed by atoms with Gasteiger partial charge in [-0.05, 0) is 24.5 Å². The van der Waals surface area contributed by atoms with E-state index in [1.54, 1.807) is 6.07 Å². The number of benzene rings is 1. The van der Waals surface area contributed by atoms with E-state index >= 15 is 0 Å². The van der Waals surface area contributed by atoms with Crippen LogP contribution in [0.25, 0.3) is 5.57 Å². The molecular formula is C13H17NO2. The minimum Gasteiger partial charge on any atom is -0.478 e. The lowest BCUT2D eigenvalue weighted by molar-refractivity contribution is -0.132. The molecule has 3 heteroatoms. The van der Waals surface area contributed by atoms with Crippen molar-refractivity contribution in [3.8, 4) is 0 Å². The van der Waals surface area contributed by atoms with E-state index in [1.165, 1.54) is 0 Å². The molecule has 0 saturated heterocycles. The summed E-state index contributed by atoms with van der Waals surface area (Å²) in [4.78, 5) is 11.1. The van der Waals surface area contributed by atoms with Gasteiger partial charge >= 0.3 is 5.97 Å². The summed E-state index contributed by atoms with van der Waals surface area (Å²) >= 11 is 0. The zero-order valence-electron chi connectivity index (χ0n) is 9.66. The van der Waals surface area contributed by atoms with Gasteiger partial charge < -0.3 is 10.8 Å². The molecule has 0 unspecified atom stereocenters. The third-order valence-corrected chi connectivity index (χ3v) is 2.62. The van der Waals surface area contributed by atoms with Gasteiger partial charge in [0, 0.05) is 16.8 Å². The summed E-state index contributed by atoms with van der Waals surface area (Å²) in [5.74, 6) is -0.859. The van der Waals surface area contributed by atoms with Crippen LogP contribution in [0.3, 0.4) is 0 Å². The highest BCUT2D eigenvalue weighted by molar-refractivity contribution is 5.97. The number of carboxylic acid groups (broad SMARTS) is 1. The first-order chi connectivity index (χ1) is 7.61. The van der Waals surface area contributed by atoms with Crippen LogP contribution >= 0.6 is 0 Å². The third kappa shape index (κ3) is 2.42. The Morgan fingerprint density at radius 3 is 2.31 bits per heavy atom. The maximum Gasteiger partial charge on any atom is 0.331 e. The van der Waals surface area contributed by atoms with Crippen LogP contribution < -0.4 is 5.73 Å². The van der Waals surface area contributed by atoms with Crippen LogP contribution in [0.15, 0.2) is 29.8 Å². The van der Waals surface area contributed by atoms with Gasteiger partial charge in [-0.2, -0.15) is 0 Å². The first-order valence-corrected chi connectivity index (χ1v) is 5.42. The van der Waals surface area contributed by atoms with E-state index in [0.29, 0.717) is 24.1 Å². The molecule has 3 nitrogen and oxygen atoms in total. The standard InChI is InChI=1S/C13H17NO2/c1-3-9(10(4-2)13(15)16)11-7-5-6-8-12(11)14/h5-8H,3-4,14H2,1-2H3,(H,15,16). The van der Waals surface area contributed by atoms with Crippen LogP contribution in [-0.4, -0.2) is 11.1 Å². The average Bonchev–Trinajstić information content (AvgIpc) is 2.26. The second-order valence-electron chi connectivity index (χ2n) is 3.56. The lowest BCUT2D eigenvalue weighted by Gasteiger charge is -2.12. The average molecular weight is 219 g/mol. The summed E-state index contributed by atoms with van der Waals surface area (Å²) in [6.45, 7) is 3.79. The summed E-state index contributed by atoms with van der Waals surface area (Å²) in [5.41, 5.74) is 8.60. The van der Waals surface area contributed by atoms with Gasteiger partial charge in [0.1, 0.15) is 0 Å². The summed E-state index contributed by atoms with van der Waals surface area (Å²) in [7, 11) is 0. The Bertz CT molecular complexity index is 422. The van der Waals surface area contributed by atoms with Gasteiger partial charge in [0.2, 0.25) is 0 Å². The summed E-state index contributed by atoms with van der Waals surface area (Å²) in [6.07, 6.45) is 1.18. The Kier molecular flexibility index (Phi) is 4.11. The minimum atomic E-state index is -0.859. The van der Waals surface area contributed by atoms with Crippen LogP contribution in [0.1, 0.15) is 32.3 Å². The molecule has 0 fully saturated rings. The van der Waals surface area contributed by atoms with E-state index in [0.717, 1.165) is 11.1 Å². The summed E-state index contributed by atoms with van der Waals surface area (Å²) in [5, 5.41) is 9.13. The fourth-order valence-electron chi connectivity index (χ4n) is 1.83. The molecule has 1 aromatic carbocycles. The first-order valence-electron chi connectivity index (χ1n) is 5.42. The lowest BCUT2D eigenvalue weighted by atomic mass is 9.95. The number of hydrogen-bond acceptors (Lipinski definition) is 2. The molecule has 3 N–H and O–H groups in total. The quantitative estimate of drug-likeness (QED) is 0.604. The molecule has 0 saturated carbocycles. The number of nitrogens with two attached hydrogens (primary N) is 1. The van der Waals surface area contributed by atoms with Crippen molar-refractivity contribution in [2.45, 2.75) is 26.7 Å². The summed E-state index contributed by atoms with van der Waals surface area (Å²) in [6, 6.07) is 7.38. The van der Waals surface area contributed by atoms with E-state index in [2.05, 4.69) is 0 Å². The van der Waals surface area contributed by atoms with Gasteiger partial charge in [0.25, 0.3) is 0 Å². The topological polar surface area (TPSA) is 63.3 Å². The van der Waals surface area contributed by atoms with E-state index in [9.17, 15) is 4.79 Å². The van der Waals surface area contributed by atoms with Crippen molar-refractivity contribution in [1.82, 2.24) is 0 Å². The van der Waals surface area contributed by atoms with Crippen molar-refractivity contribution in [2.24, 2.45) is 0 Å². The number of para-hydroxylation sites is 1. The maximum atomic E-state index is 11.1. The Labute approximate surface area is 95.6 Å². The second-order valence-corrected chi connectivity index (χ2v) is 3.56. The zero-order chi connectivity index (χ0) is 12.1. The highest BCUT2D eigenvalue weighted by atomic mass is 16.4. The Morgan fingerprint density at radius 1 is 1.25 bits per heavy atom. The predicted molar refractivity (Wildman–Crippen MR) is 66.0 cm³/mol. The number of carbonyl (C=O) groups is 1. The van der Waals surface area contributed by atoms with E-state index in [1.807, 2.05) is 32.0 Å². The number of anilines is 1. The normalized spacial score (nSPS) is 12.1. The zero-order valence-corrected chi connectivity index (χ0v) is 9.66. The molecule has 0 radical (unpaired) electrons. The lowest BCUT2D eigenvalue weighted by Crippen LogP contribution is -2.04. The van der Waals surface area contributed by atoms with Gasteiger partial charge in [0.15, 0.2) is 0 Å². The number of allylic oxidation sites excluding steroid dienone is 1. The van der Waals surface area contributed by atoms with Crippen molar-refractivity contribution in [1.29, 1.82) is 0 Å². The molecule has 0 aromatic heterocycles. The van der Waals surface area contributed by atoms with Gasteiger partial charge in [-0.3, -0.25) is 0 Å². The fraction of sp³-hybridized carbons (Fsp3) is 0.308. The Morgan fingerprint density at radius 2 is 1.88 bits per heavy atom. The van der Waals surface area contributed by atoms with Gasteiger partial charge in [-0.25, -0.2) is 4.79 Å². The number of aliphatic carboxylic acids is 1. The second kappa shape index (κ2) is 5.35. The highest BCUT2D eigenvalue weighted by Gasteiger charge is 2.14. The van der Waals surface area contributed by atoms with Crippen LogP contribution in [0, 0.1) is 0 Å². The molecule has 1 aromatic rings. The number of rotatable bonds is 4. The number of nitrogen functional groups attached to an aromatic ring is 1. The largest absolute Gasteiger partial charge is 0.478 e. The number of hydrogen-bond donors (Lipinski definition) is 2. The van der Waals surface area contributed by atoms with Gasteiger partial charge in [-0.15, -0.1) is 0 Å². The van der Waals surface area contributed by atoms with Crippen LogP contribution in [0.5, 0.6) is 0 Å². The van der Waals surface area contributed by atoms with Crippen LogP contribution in [-0.2, 0) is 4.79 Å². The van der Waals surface area contributed by atoms with Gasteiger partial charge in [-0.1, -0.05) is 32.0 Å². The smallest absolute Gasteiger partial charge is 0.331 e. The molecule has 1 rings (SSSR count). The van der Waals surface area contributed by atoms with E-state index in [-0.39, 0.29) is 0 Å². The maximum absolute atomic E-state index is 11.1. The Balaban J connectivity index is 3.36. The number of carboxylic acids is 1. The highest BCUT2D eigenvalue weighted by Crippen LogP contribution is 2.28.